The van der Waals surface area contributed by atoms with Gasteiger partial charge in [-0.3, -0.25) is 0 Å². The van der Waals surface area contributed by atoms with Crippen molar-refractivity contribution in [1.82, 2.24) is 0 Å². The van der Waals surface area contributed by atoms with E-state index in [0.29, 0.717) is 17.1 Å². The van der Waals surface area contributed by atoms with Crippen molar-refractivity contribution >= 4 is 38.5 Å². The Morgan fingerprint density at radius 2 is 1.95 bits per heavy atom. The van der Waals surface area contributed by atoms with Gasteiger partial charge in [0.25, 0.3) is 0 Å². The summed E-state index contributed by atoms with van der Waals surface area (Å²) >= 11 is 7.42. The first-order valence-corrected chi connectivity index (χ1v) is 9.17. The maximum Gasteiger partial charge on any atom is 0.180 e. The summed E-state index contributed by atoms with van der Waals surface area (Å²) in [5.74, 6) is 0.103. The summed E-state index contributed by atoms with van der Waals surface area (Å²) in [5, 5.41) is 3.20. The molecule has 1 aromatic carbocycles. The third-order valence-corrected chi connectivity index (χ3v) is 5.99. The fourth-order valence-corrected chi connectivity index (χ4v) is 4.01. The van der Waals surface area contributed by atoms with Crippen molar-refractivity contribution in [3.05, 3.63) is 45.6 Å². The molecule has 0 aliphatic carbocycles. The van der Waals surface area contributed by atoms with E-state index in [-0.39, 0.29) is 5.75 Å². The van der Waals surface area contributed by atoms with E-state index in [2.05, 4.69) is 5.32 Å². The number of para-hydroxylation sites is 1. The lowest BCUT2D eigenvalue weighted by Crippen LogP contribution is -2.10. The predicted molar refractivity (Wildman–Crippen MR) is 85.7 cm³/mol. The molecule has 3 nitrogen and oxygen atoms in total. The number of anilines is 1. The van der Waals surface area contributed by atoms with Gasteiger partial charge >= 0.3 is 0 Å². The van der Waals surface area contributed by atoms with Crippen LogP contribution >= 0.6 is 22.9 Å². The fourth-order valence-electron chi connectivity index (χ4n) is 1.85. The van der Waals surface area contributed by atoms with Gasteiger partial charge in [-0.2, -0.15) is 0 Å². The molecule has 0 atom stereocenters. The Morgan fingerprint density at radius 3 is 2.60 bits per heavy atom. The molecule has 0 saturated heterocycles. The monoisotopic (exact) mass is 329 g/mol. The standard InChI is InChI=1S/C14H16ClNO2S2/c1-2-20(17,18)13-6-4-3-5-12(13)16-10-9-11-7-8-14(15)19-11/h3-8,16H,2,9-10H2,1H3. The largest absolute Gasteiger partial charge is 0.384 e. The smallest absolute Gasteiger partial charge is 0.180 e. The van der Waals surface area contributed by atoms with E-state index in [9.17, 15) is 8.42 Å². The molecule has 20 heavy (non-hydrogen) atoms. The minimum absolute atomic E-state index is 0.103. The van der Waals surface area contributed by atoms with Crippen LogP contribution in [-0.2, 0) is 16.3 Å². The minimum Gasteiger partial charge on any atom is -0.384 e. The Bertz CT molecular complexity index is 680. The Hall–Kier alpha value is -1.04. The molecular weight excluding hydrogens is 314 g/mol. The van der Waals surface area contributed by atoms with Gasteiger partial charge in [-0.25, -0.2) is 8.42 Å². The predicted octanol–water partition coefficient (Wildman–Crippen LogP) is 3.85. The highest BCUT2D eigenvalue weighted by molar-refractivity contribution is 7.91. The van der Waals surface area contributed by atoms with Gasteiger partial charge in [0.05, 0.1) is 20.7 Å². The first-order valence-electron chi connectivity index (χ1n) is 6.33. The van der Waals surface area contributed by atoms with Crippen molar-refractivity contribution in [3.8, 4) is 0 Å². The summed E-state index contributed by atoms with van der Waals surface area (Å²) in [6, 6.07) is 10.9. The van der Waals surface area contributed by atoms with Crippen LogP contribution in [0, 0.1) is 0 Å². The molecule has 108 valence electrons. The van der Waals surface area contributed by atoms with E-state index in [1.807, 2.05) is 18.2 Å². The second-order valence-corrected chi connectivity index (χ2v) is 8.33. The second kappa shape index (κ2) is 6.61. The zero-order chi connectivity index (χ0) is 14.6. The molecule has 1 aromatic heterocycles. The average molecular weight is 330 g/mol. The Morgan fingerprint density at radius 1 is 1.20 bits per heavy atom. The van der Waals surface area contributed by atoms with Crippen molar-refractivity contribution in [1.29, 1.82) is 0 Å². The van der Waals surface area contributed by atoms with Crippen LogP contribution in [0.2, 0.25) is 4.34 Å². The number of thiophene rings is 1. The maximum absolute atomic E-state index is 12.0. The van der Waals surface area contributed by atoms with E-state index in [4.69, 9.17) is 11.6 Å². The van der Waals surface area contributed by atoms with Crippen LogP contribution in [0.5, 0.6) is 0 Å². The lowest BCUT2D eigenvalue weighted by Gasteiger charge is -2.11. The first kappa shape index (κ1) is 15.4. The molecule has 0 aliphatic heterocycles. The van der Waals surface area contributed by atoms with Gasteiger partial charge in [0.2, 0.25) is 0 Å². The van der Waals surface area contributed by atoms with Crippen LogP contribution in [0.15, 0.2) is 41.3 Å². The highest BCUT2D eigenvalue weighted by Gasteiger charge is 2.15. The SMILES string of the molecule is CCS(=O)(=O)c1ccccc1NCCc1ccc(Cl)s1. The summed E-state index contributed by atoms with van der Waals surface area (Å²) in [7, 11) is -3.20. The summed E-state index contributed by atoms with van der Waals surface area (Å²) in [6.45, 7) is 2.33. The van der Waals surface area contributed by atoms with E-state index in [1.54, 1.807) is 36.5 Å². The molecule has 0 amide bonds. The molecule has 1 N–H and O–H groups in total. The molecule has 6 heteroatoms. The fraction of sp³-hybridized carbons (Fsp3) is 0.286. The summed E-state index contributed by atoms with van der Waals surface area (Å²) in [6.07, 6.45) is 0.817. The molecule has 0 bridgehead atoms. The Kier molecular flexibility index (Phi) is 5.07. The van der Waals surface area contributed by atoms with Gasteiger partial charge in [-0.1, -0.05) is 30.7 Å². The number of benzene rings is 1. The molecule has 0 unspecified atom stereocenters. The van der Waals surface area contributed by atoms with E-state index in [0.717, 1.165) is 10.8 Å². The second-order valence-electron chi connectivity index (χ2n) is 4.28. The van der Waals surface area contributed by atoms with Crippen molar-refractivity contribution < 1.29 is 8.42 Å². The third-order valence-electron chi connectivity index (χ3n) is 2.92. The van der Waals surface area contributed by atoms with Gasteiger partial charge in [-0.15, -0.1) is 11.3 Å². The molecule has 0 aliphatic rings. The average Bonchev–Trinajstić information content (AvgIpc) is 2.85. The first-order chi connectivity index (χ1) is 9.53. The molecule has 0 saturated carbocycles. The quantitative estimate of drug-likeness (QED) is 0.875. The van der Waals surface area contributed by atoms with E-state index in [1.165, 1.54) is 4.88 Å². The highest BCUT2D eigenvalue weighted by atomic mass is 35.5. The molecule has 1 heterocycles. The van der Waals surface area contributed by atoms with Crippen LogP contribution in [0.3, 0.4) is 0 Å². The molecule has 0 radical (unpaired) electrons. The summed E-state index contributed by atoms with van der Waals surface area (Å²) in [4.78, 5) is 1.55. The van der Waals surface area contributed by atoms with Gasteiger partial charge < -0.3 is 5.32 Å². The zero-order valence-corrected chi connectivity index (χ0v) is 13.5. The minimum atomic E-state index is -3.20. The van der Waals surface area contributed by atoms with Gasteiger partial charge in [0.15, 0.2) is 9.84 Å². The number of halogens is 1. The van der Waals surface area contributed by atoms with Crippen LogP contribution in [0.1, 0.15) is 11.8 Å². The van der Waals surface area contributed by atoms with Gasteiger partial charge in [0.1, 0.15) is 0 Å². The lowest BCUT2D eigenvalue weighted by molar-refractivity contribution is 0.597. The van der Waals surface area contributed by atoms with Crippen LogP contribution < -0.4 is 5.32 Å². The van der Waals surface area contributed by atoms with Crippen molar-refractivity contribution in [2.24, 2.45) is 0 Å². The van der Waals surface area contributed by atoms with Crippen molar-refractivity contribution in [3.63, 3.8) is 0 Å². The number of nitrogens with one attached hydrogen (secondary N) is 1. The molecule has 0 spiro atoms. The van der Waals surface area contributed by atoms with Crippen molar-refractivity contribution in [2.45, 2.75) is 18.2 Å². The molecular formula is C14H16ClNO2S2. The van der Waals surface area contributed by atoms with E-state index >= 15 is 0 Å². The highest BCUT2D eigenvalue weighted by Crippen LogP contribution is 2.24. The third kappa shape index (κ3) is 3.75. The van der Waals surface area contributed by atoms with Gasteiger partial charge in [-0.05, 0) is 30.7 Å². The number of hydrogen-bond acceptors (Lipinski definition) is 4. The summed E-state index contributed by atoms with van der Waals surface area (Å²) < 4.78 is 24.8. The number of sulfone groups is 1. The molecule has 2 rings (SSSR count). The molecule has 2 aromatic rings. The van der Waals surface area contributed by atoms with Crippen LogP contribution in [0.25, 0.3) is 0 Å². The van der Waals surface area contributed by atoms with Crippen molar-refractivity contribution in [2.75, 3.05) is 17.6 Å². The normalized spacial score (nSPS) is 11.5. The number of hydrogen-bond donors (Lipinski definition) is 1. The maximum atomic E-state index is 12.0. The Balaban J connectivity index is 2.06. The molecule has 0 fully saturated rings. The zero-order valence-electron chi connectivity index (χ0n) is 11.1. The Labute approximate surface area is 128 Å². The van der Waals surface area contributed by atoms with E-state index < -0.39 is 9.84 Å². The topological polar surface area (TPSA) is 46.2 Å². The lowest BCUT2D eigenvalue weighted by atomic mass is 10.3. The van der Waals surface area contributed by atoms with Crippen LogP contribution in [0.4, 0.5) is 5.69 Å². The number of rotatable bonds is 6. The van der Waals surface area contributed by atoms with Crippen LogP contribution in [-0.4, -0.2) is 20.7 Å². The summed E-state index contributed by atoms with van der Waals surface area (Å²) in [5.41, 5.74) is 0.664. The van der Waals surface area contributed by atoms with Gasteiger partial charge in [0, 0.05) is 11.4 Å².